The largest absolute Gasteiger partial charge is 0.437 e. The minimum absolute atomic E-state index is 0.0939. The maximum Gasteiger partial charge on any atom is 0.300 e. The highest BCUT2D eigenvalue weighted by molar-refractivity contribution is 5.86. The van der Waals surface area contributed by atoms with Gasteiger partial charge in [0.1, 0.15) is 11.7 Å². The highest BCUT2D eigenvalue weighted by Crippen LogP contribution is 2.37. The summed E-state index contributed by atoms with van der Waals surface area (Å²) in [6, 6.07) is 3.93. The molecule has 0 N–H and O–H groups in total. The predicted molar refractivity (Wildman–Crippen MR) is 75.2 cm³/mol. The molecule has 112 valence electrons. The van der Waals surface area contributed by atoms with E-state index in [1.807, 2.05) is 13.0 Å². The van der Waals surface area contributed by atoms with Crippen molar-refractivity contribution in [1.29, 1.82) is 0 Å². The van der Waals surface area contributed by atoms with Crippen LogP contribution >= 0.6 is 0 Å². The van der Waals surface area contributed by atoms with Gasteiger partial charge in [0.2, 0.25) is 6.54 Å². The monoisotopic (exact) mass is 293 g/mol. The Morgan fingerprint density at radius 3 is 2.57 bits per heavy atom. The number of fused-ring (bicyclic) bond motifs is 1. The molecule has 1 aromatic carbocycles. The number of aryl methyl sites for hydroxylation is 1. The second kappa shape index (κ2) is 5.86. The quantitative estimate of drug-likeness (QED) is 0.619. The van der Waals surface area contributed by atoms with E-state index in [-0.39, 0.29) is 5.90 Å². The van der Waals surface area contributed by atoms with Crippen LogP contribution in [-0.2, 0) is 6.42 Å². The van der Waals surface area contributed by atoms with Gasteiger partial charge in [-0.1, -0.05) is 19.1 Å². The van der Waals surface area contributed by atoms with Crippen molar-refractivity contribution >= 4 is 5.90 Å². The average molecular weight is 293 g/mol. The first-order chi connectivity index (χ1) is 9.97. The minimum atomic E-state index is -1.33. The Kier molecular flexibility index (Phi) is 4.15. The van der Waals surface area contributed by atoms with Crippen LogP contribution in [0.15, 0.2) is 23.2 Å². The maximum atomic E-state index is 11.3. The van der Waals surface area contributed by atoms with Crippen LogP contribution in [0.1, 0.15) is 24.0 Å². The van der Waals surface area contributed by atoms with Crippen LogP contribution in [0, 0.1) is 20.2 Å². The van der Waals surface area contributed by atoms with Crippen LogP contribution in [0.4, 0.5) is 0 Å². The number of rotatable bonds is 4. The van der Waals surface area contributed by atoms with E-state index in [2.05, 4.69) is 4.99 Å². The molecule has 2 unspecified atom stereocenters. The Morgan fingerprint density at radius 1 is 1.33 bits per heavy atom. The summed E-state index contributed by atoms with van der Waals surface area (Å²) >= 11 is 0. The molecule has 0 saturated heterocycles. The van der Waals surface area contributed by atoms with Crippen LogP contribution in [0.25, 0.3) is 0 Å². The topological polar surface area (TPSA) is 108 Å². The second-order valence-electron chi connectivity index (χ2n) is 4.74. The average Bonchev–Trinajstić information content (AvgIpc) is 2.45. The molecule has 1 aromatic rings. The van der Waals surface area contributed by atoms with Gasteiger partial charge in [-0.15, -0.1) is 0 Å². The van der Waals surface area contributed by atoms with Crippen molar-refractivity contribution in [1.82, 2.24) is 0 Å². The van der Waals surface area contributed by atoms with Crippen molar-refractivity contribution < 1.29 is 14.6 Å². The molecule has 0 bridgehead atoms. The van der Waals surface area contributed by atoms with E-state index in [9.17, 15) is 20.2 Å². The van der Waals surface area contributed by atoms with E-state index in [1.165, 1.54) is 7.05 Å². The van der Waals surface area contributed by atoms with Gasteiger partial charge >= 0.3 is 0 Å². The standard InChI is InChI=1S/C13H15N3O5/c1-3-8-4-5-11-9(6-8)10(7-15(17)18)12(16(19)20)13(14-2)21-11/h4-6,10,12H,3,7H2,1-2H3. The molecular formula is C13H15N3O5. The number of hydrogen-bond donors (Lipinski definition) is 0. The number of ether oxygens (including phenoxy) is 1. The van der Waals surface area contributed by atoms with Crippen LogP contribution in [0.2, 0.25) is 0 Å². The van der Waals surface area contributed by atoms with Gasteiger partial charge in [-0.3, -0.25) is 25.2 Å². The highest BCUT2D eigenvalue weighted by Gasteiger charge is 2.47. The van der Waals surface area contributed by atoms with Gasteiger partial charge in [-0.25, -0.2) is 0 Å². The molecule has 21 heavy (non-hydrogen) atoms. The lowest BCUT2D eigenvalue weighted by Gasteiger charge is -2.27. The summed E-state index contributed by atoms with van der Waals surface area (Å²) < 4.78 is 5.45. The third kappa shape index (κ3) is 2.83. The number of nitro groups is 2. The molecule has 0 aliphatic carbocycles. The predicted octanol–water partition coefficient (Wildman–Crippen LogP) is 1.68. The Morgan fingerprint density at radius 2 is 2.05 bits per heavy atom. The molecule has 2 atom stereocenters. The van der Waals surface area contributed by atoms with Crippen molar-refractivity contribution in [3.05, 3.63) is 49.6 Å². The van der Waals surface area contributed by atoms with Gasteiger partial charge in [-0.2, -0.15) is 0 Å². The second-order valence-corrected chi connectivity index (χ2v) is 4.74. The van der Waals surface area contributed by atoms with E-state index in [4.69, 9.17) is 4.74 Å². The molecule has 0 aromatic heterocycles. The van der Waals surface area contributed by atoms with Crippen molar-refractivity contribution in [3.8, 4) is 5.75 Å². The fourth-order valence-corrected chi connectivity index (χ4v) is 2.49. The normalized spacial score (nSPS) is 22.5. The molecule has 1 aliphatic rings. The zero-order chi connectivity index (χ0) is 15.6. The summed E-state index contributed by atoms with van der Waals surface area (Å²) in [5, 5.41) is 22.2. The smallest absolute Gasteiger partial charge is 0.300 e. The summed E-state index contributed by atoms with van der Waals surface area (Å²) in [7, 11) is 1.38. The third-order valence-electron chi connectivity index (χ3n) is 3.52. The Bertz CT molecular complexity index is 614. The maximum absolute atomic E-state index is 11.3. The highest BCUT2D eigenvalue weighted by atomic mass is 16.6. The van der Waals surface area contributed by atoms with Crippen LogP contribution in [0.5, 0.6) is 5.75 Å². The summed E-state index contributed by atoms with van der Waals surface area (Å²) in [6.45, 7) is 1.41. The molecule has 2 rings (SSSR count). The zero-order valence-electron chi connectivity index (χ0n) is 11.7. The van der Waals surface area contributed by atoms with Crippen LogP contribution < -0.4 is 4.74 Å². The molecule has 1 aliphatic heterocycles. The number of nitrogens with zero attached hydrogens (tertiary/aromatic N) is 3. The van der Waals surface area contributed by atoms with E-state index >= 15 is 0 Å². The minimum Gasteiger partial charge on any atom is -0.437 e. The van der Waals surface area contributed by atoms with E-state index in [0.29, 0.717) is 11.3 Å². The van der Waals surface area contributed by atoms with Gasteiger partial charge in [0.15, 0.2) is 0 Å². The van der Waals surface area contributed by atoms with Gasteiger partial charge in [0, 0.05) is 22.5 Å². The molecule has 0 amide bonds. The van der Waals surface area contributed by atoms with Gasteiger partial charge in [0.25, 0.3) is 11.9 Å². The fourth-order valence-electron chi connectivity index (χ4n) is 2.49. The summed E-state index contributed by atoms with van der Waals surface area (Å²) in [5.41, 5.74) is 1.45. The van der Waals surface area contributed by atoms with E-state index in [1.54, 1.807) is 12.1 Å². The Labute approximate surface area is 120 Å². The lowest BCUT2D eigenvalue weighted by atomic mass is 9.87. The molecule has 1 heterocycles. The fraction of sp³-hybridized carbons (Fsp3) is 0.462. The zero-order valence-corrected chi connectivity index (χ0v) is 11.7. The van der Waals surface area contributed by atoms with Crippen LogP contribution in [0.3, 0.4) is 0 Å². The first-order valence-electron chi connectivity index (χ1n) is 6.50. The van der Waals surface area contributed by atoms with Gasteiger partial charge < -0.3 is 4.74 Å². The first kappa shape index (κ1) is 14.9. The molecule has 0 radical (unpaired) electrons. The summed E-state index contributed by atoms with van der Waals surface area (Å²) in [6.07, 6.45) is 0.732. The van der Waals surface area contributed by atoms with Crippen molar-refractivity contribution in [2.75, 3.05) is 13.6 Å². The van der Waals surface area contributed by atoms with Crippen molar-refractivity contribution in [3.63, 3.8) is 0 Å². The molecule has 0 spiro atoms. The molecule has 8 nitrogen and oxygen atoms in total. The lowest BCUT2D eigenvalue weighted by molar-refractivity contribution is -0.533. The van der Waals surface area contributed by atoms with Crippen molar-refractivity contribution in [2.24, 2.45) is 4.99 Å². The number of benzene rings is 1. The Hall–Kier alpha value is -2.51. The SMILES string of the molecule is CCc1ccc2c(c1)C(C[N+](=O)[O-])C([N+](=O)[O-])C(=NC)O2. The third-order valence-corrected chi connectivity index (χ3v) is 3.52. The molecular weight excluding hydrogens is 278 g/mol. The van der Waals surface area contributed by atoms with Crippen LogP contribution in [-0.4, -0.2) is 35.4 Å². The van der Waals surface area contributed by atoms with E-state index < -0.39 is 28.4 Å². The number of aliphatic imine (C=N–C) groups is 1. The van der Waals surface area contributed by atoms with Crippen molar-refractivity contribution in [2.45, 2.75) is 25.3 Å². The molecule has 0 saturated carbocycles. The van der Waals surface area contributed by atoms with Gasteiger partial charge in [0.05, 0.1) is 0 Å². The lowest BCUT2D eigenvalue weighted by Crippen LogP contribution is -2.44. The van der Waals surface area contributed by atoms with E-state index in [0.717, 1.165) is 12.0 Å². The first-order valence-corrected chi connectivity index (χ1v) is 6.50. The summed E-state index contributed by atoms with van der Waals surface area (Å²) in [4.78, 5) is 24.9. The Balaban J connectivity index is 2.58. The summed E-state index contributed by atoms with van der Waals surface area (Å²) in [5.74, 6) is -0.578. The van der Waals surface area contributed by atoms with Gasteiger partial charge in [-0.05, 0) is 18.1 Å². The number of hydrogen-bond acceptors (Lipinski definition) is 6. The molecule has 0 fully saturated rings. The molecule has 8 heteroatoms.